The van der Waals surface area contributed by atoms with Crippen LogP contribution < -0.4 is 0 Å². The van der Waals surface area contributed by atoms with Gasteiger partial charge in [0.1, 0.15) is 5.25 Å². The Labute approximate surface area is 109 Å². The van der Waals surface area contributed by atoms with Crippen molar-refractivity contribution >= 4 is 10.1 Å². The van der Waals surface area contributed by atoms with Gasteiger partial charge in [0, 0.05) is 5.92 Å². The van der Waals surface area contributed by atoms with Crippen LogP contribution in [0.25, 0.3) is 0 Å². The highest BCUT2D eigenvalue weighted by molar-refractivity contribution is 7.87. The molecule has 5 heteroatoms. The minimum Gasteiger partial charge on any atom is -0.392 e. The molecule has 2 rings (SSSR count). The third kappa shape index (κ3) is 2.78. The predicted molar refractivity (Wildman–Crippen MR) is 69.6 cm³/mol. The van der Waals surface area contributed by atoms with Crippen LogP contribution in [0.15, 0.2) is 11.6 Å². The van der Waals surface area contributed by atoms with Crippen molar-refractivity contribution in [1.29, 1.82) is 0 Å². The van der Waals surface area contributed by atoms with Crippen LogP contribution in [0.2, 0.25) is 0 Å². The Morgan fingerprint density at radius 3 is 2.89 bits per heavy atom. The second-order valence-electron chi connectivity index (χ2n) is 5.44. The average molecular weight is 274 g/mol. The molecule has 2 aliphatic rings. The van der Waals surface area contributed by atoms with Crippen LogP contribution in [0.5, 0.6) is 0 Å². The van der Waals surface area contributed by atoms with Crippen molar-refractivity contribution in [3.63, 3.8) is 0 Å². The van der Waals surface area contributed by atoms with Gasteiger partial charge in [0.25, 0.3) is 10.1 Å². The molecule has 0 unspecified atom stereocenters. The normalized spacial score (nSPS) is 38.9. The van der Waals surface area contributed by atoms with E-state index in [0.29, 0.717) is 6.42 Å². The number of hydrogen-bond donors (Lipinski definition) is 1. The molecule has 0 aromatic carbocycles. The summed E-state index contributed by atoms with van der Waals surface area (Å²) in [5.74, 6) is 0.108. The second-order valence-corrected chi connectivity index (χ2v) is 7.19. The van der Waals surface area contributed by atoms with Gasteiger partial charge >= 0.3 is 0 Å². The lowest BCUT2D eigenvalue weighted by atomic mass is 9.83. The lowest BCUT2D eigenvalue weighted by molar-refractivity contribution is 0.100. The minimum atomic E-state index is -3.54. The zero-order chi connectivity index (χ0) is 13.3. The molecule has 1 aliphatic carbocycles. The fourth-order valence-corrected chi connectivity index (χ4v) is 4.56. The van der Waals surface area contributed by atoms with E-state index in [-0.39, 0.29) is 18.4 Å². The quantitative estimate of drug-likeness (QED) is 0.631. The Balaban J connectivity index is 2.22. The molecular weight excluding hydrogens is 252 g/mol. The fraction of sp³-hybridized carbons (Fsp3) is 0.846. The Morgan fingerprint density at radius 1 is 1.50 bits per heavy atom. The largest absolute Gasteiger partial charge is 0.392 e. The van der Waals surface area contributed by atoms with Crippen LogP contribution in [0.3, 0.4) is 0 Å². The maximum absolute atomic E-state index is 11.9. The third-order valence-electron chi connectivity index (χ3n) is 3.85. The van der Waals surface area contributed by atoms with Crippen molar-refractivity contribution in [1.82, 2.24) is 0 Å². The van der Waals surface area contributed by atoms with E-state index in [1.165, 1.54) is 0 Å². The van der Waals surface area contributed by atoms with Gasteiger partial charge in [0.05, 0.1) is 12.2 Å². The summed E-state index contributed by atoms with van der Waals surface area (Å²) in [5, 5.41) is 9.44. The average Bonchev–Trinajstić information content (AvgIpc) is 2.27. The van der Waals surface area contributed by atoms with E-state index in [2.05, 4.69) is 6.92 Å². The van der Waals surface area contributed by atoms with Crippen molar-refractivity contribution in [3.05, 3.63) is 11.6 Å². The zero-order valence-corrected chi connectivity index (χ0v) is 11.8. The molecule has 4 nitrogen and oxygen atoms in total. The number of unbranched alkanes of at least 4 members (excludes halogenated alkanes) is 1. The molecule has 0 aromatic rings. The van der Waals surface area contributed by atoms with Gasteiger partial charge in [-0.05, 0) is 26.2 Å². The van der Waals surface area contributed by atoms with Crippen LogP contribution in [0.4, 0.5) is 0 Å². The number of rotatable bonds is 3. The van der Waals surface area contributed by atoms with E-state index < -0.39 is 21.5 Å². The first-order chi connectivity index (χ1) is 8.44. The summed E-state index contributed by atoms with van der Waals surface area (Å²) in [7, 11) is -3.54. The molecule has 4 atom stereocenters. The maximum atomic E-state index is 11.9. The van der Waals surface area contributed by atoms with Gasteiger partial charge in [-0.15, -0.1) is 0 Å². The number of fused-ring (bicyclic) bond motifs is 1. The van der Waals surface area contributed by atoms with E-state index in [4.69, 9.17) is 4.18 Å². The van der Waals surface area contributed by atoms with Crippen LogP contribution in [-0.2, 0) is 14.3 Å². The molecule has 0 spiro atoms. The standard InChI is InChI=1S/C13H22O4S/c1-3-4-5-10-7-11-6-9(2)17-18(15,16)13(11)8-12(10)14/h7,9-10,12-14H,3-6,8H2,1-2H3/t9-,10-,12+,13-/m1/s1. The molecule has 0 radical (unpaired) electrons. The monoisotopic (exact) mass is 274 g/mol. The van der Waals surface area contributed by atoms with Gasteiger partial charge in [0.15, 0.2) is 0 Å². The van der Waals surface area contributed by atoms with Gasteiger partial charge < -0.3 is 5.11 Å². The predicted octanol–water partition coefficient (Wildman–Crippen LogP) is 1.99. The summed E-state index contributed by atoms with van der Waals surface area (Å²) in [4.78, 5) is 0. The first-order valence-corrected chi connectivity index (χ1v) is 8.22. The molecule has 1 fully saturated rings. The maximum Gasteiger partial charge on any atom is 0.274 e. The van der Waals surface area contributed by atoms with E-state index in [9.17, 15) is 13.5 Å². The van der Waals surface area contributed by atoms with E-state index in [1.807, 2.05) is 6.08 Å². The zero-order valence-electron chi connectivity index (χ0n) is 11.0. The molecule has 1 heterocycles. The summed E-state index contributed by atoms with van der Waals surface area (Å²) in [6.07, 6.45) is 5.20. The topological polar surface area (TPSA) is 63.6 Å². The molecule has 1 N–H and O–H groups in total. The van der Waals surface area contributed by atoms with Gasteiger partial charge in [-0.1, -0.05) is 31.4 Å². The molecule has 0 bridgehead atoms. The van der Waals surface area contributed by atoms with Crippen molar-refractivity contribution in [2.75, 3.05) is 0 Å². The Kier molecular flexibility index (Phi) is 4.14. The van der Waals surface area contributed by atoms with Crippen molar-refractivity contribution < 1.29 is 17.7 Å². The van der Waals surface area contributed by atoms with E-state index in [1.54, 1.807) is 6.92 Å². The Morgan fingerprint density at radius 2 is 2.22 bits per heavy atom. The molecule has 0 amide bonds. The van der Waals surface area contributed by atoms with E-state index >= 15 is 0 Å². The van der Waals surface area contributed by atoms with Crippen molar-refractivity contribution in [3.8, 4) is 0 Å². The highest BCUT2D eigenvalue weighted by Crippen LogP contribution is 2.37. The molecule has 0 saturated carbocycles. The fourth-order valence-electron chi connectivity index (χ4n) is 2.92. The van der Waals surface area contributed by atoms with Crippen molar-refractivity contribution in [2.24, 2.45) is 5.92 Å². The SMILES string of the molecule is CCCC[C@@H]1C=C2C[C@@H](C)OS(=O)(=O)[C@@H]2C[C@@H]1O. The molecule has 1 saturated heterocycles. The third-order valence-corrected chi connectivity index (χ3v) is 5.64. The smallest absolute Gasteiger partial charge is 0.274 e. The first kappa shape index (κ1) is 14.0. The number of aliphatic hydroxyl groups excluding tert-OH is 1. The first-order valence-electron chi connectivity index (χ1n) is 6.74. The molecule has 1 aliphatic heterocycles. The van der Waals surface area contributed by atoms with Gasteiger partial charge in [-0.2, -0.15) is 8.42 Å². The molecule has 0 aromatic heterocycles. The summed E-state index contributed by atoms with van der Waals surface area (Å²) >= 11 is 0. The number of hydrogen-bond acceptors (Lipinski definition) is 4. The lowest BCUT2D eigenvalue weighted by Crippen LogP contribution is -2.42. The van der Waals surface area contributed by atoms with Crippen LogP contribution >= 0.6 is 0 Å². The molecule has 104 valence electrons. The van der Waals surface area contributed by atoms with Gasteiger partial charge in [-0.25, -0.2) is 0 Å². The van der Waals surface area contributed by atoms with Gasteiger partial charge in [0.2, 0.25) is 0 Å². The second kappa shape index (κ2) is 5.31. The summed E-state index contributed by atoms with van der Waals surface area (Å²) in [6.45, 7) is 3.90. The highest BCUT2D eigenvalue weighted by Gasteiger charge is 2.42. The summed E-state index contributed by atoms with van der Waals surface area (Å²) in [6, 6.07) is 0. The Bertz CT molecular complexity index is 426. The van der Waals surface area contributed by atoms with Crippen LogP contribution in [-0.4, -0.2) is 31.0 Å². The van der Waals surface area contributed by atoms with Crippen LogP contribution in [0.1, 0.15) is 46.0 Å². The number of aliphatic hydroxyl groups is 1. The van der Waals surface area contributed by atoms with Gasteiger partial charge in [-0.3, -0.25) is 4.18 Å². The molecular formula is C13H22O4S. The molecule has 18 heavy (non-hydrogen) atoms. The minimum absolute atomic E-state index is 0.108. The van der Waals surface area contributed by atoms with E-state index in [0.717, 1.165) is 24.8 Å². The highest BCUT2D eigenvalue weighted by atomic mass is 32.2. The van der Waals surface area contributed by atoms with Crippen LogP contribution in [0, 0.1) is 5.92 Å². The summed E-state index contributed by atoms with van der Waals surface area (Å²) < 4.78 is 28.9. The lowest BCUT2D eigenvalue weighted by Gasteiger charge is -2.36. The summed E-state index contributed by atoms with van der Waals surface area (Å²) in [5.41, 5.74) is 0.945. The van der Waals surface area contributed by atoms with Crippen molar-refractivity contribution in [2.45, 2.75) is 63.4 Å². The Hall–Kier alpha value is -0.390.